The number of primary amides is 1. The Bertz CT molecular complexity index is 470. The molecule has 1 aromatic carbocycles. The molecular weight excluding hydrogens is 250 g/mol. The zero-order chi connectivity index (χ0) is 14.3. The lowest BCUT2D eigenvalue weighted by Gasteiger charge is -2.06. The van der Waals surface area contributed by atoms with Gasteiger partial charge in [0.2, 0.25) is 5.91 Å². The maximum Gasteiger partial charge on any atom is 0.262 e. The van der Waals surface area contributed by atoms with E-state index in [-0.39, 0.29) is 12.5 Å². The number of hydrogen-bond donors (Lipinski definition) is 3. The van der Waals surface area contributed by atoms with Crippen molar-refractivity contribution >= 4 is 17.7 Å². The molecule has 0 atom stereocenters. The highest BCUT2D eigenvalue weighted by Crippen LogP contribution is 2.02. The summed E-state index contributed by atoms with van der Waals surface area (Å²) < 4.78 is 0. The van der Waals surface area contributed by atoms with E-state index in [1.807, 2.05) is 12.4 Å². The van der Waals surface area contributed by atoms with Crippen molar-refractivity contribution in [3.8, 4) is 0 Å². The Morgan fingerprint density at radius 1 is 1.21 bits per heavy atom. The first-order chi connectivity index (χ1) is 8.99. The third kappa shape index (κ3) is 5.64. The molecule has 0 radical (unpaired) electrons. The minimum Gasteiger partial charge on any atom is -0.368 e. The maximum absolute atomic E-state index is 11.6. The van der Waals surface area contributed by atoms with Gasteiger partial charge in [-0.25, -0.2) is 5.48 Å². The van der Waals surface area contributed by atoms with Crippen LogP contribution in [0.5, 0.6) is 0 Å². The molecule has 0 aromatic heterocycles. The zero-order valence-electron chi connectivity index (χ0n) is 10.4. The molecule has 19 heavy (non-hydrogen) atoms. The Morgan fingerprint density at radius 3 is 2.42 bits per heavy atom. The first-order valence-corrected chi connectivity index (χ1v) is 5.53. The van der Waals surface area contributed by atoms with E-state index >= 15 is 0 Å². The highest BCUT2D eigenvalue weighted by atomic mass is 16.7. The van der Waals surface area contributed by atoms with Crippen LogP contribution in [0.1, 0.15) is 15.9 Å². The fraction of sp³-hybridized carbons (Fsp3) is 0.250. The van der Waals surface area contributed by atoms with Gasteiger partial charge in [-0.05, 0) is 19.1 Å². The third-order valence-corrected chi connectivity index (χ3v) is 2.12. The van der Waals surface area contributed by atoms with E-state index in [0.717, 1.165) is 5.56 Å². The number of nitrogens with one attached hydrogen (secondary N) is 2. The predicted molar refractivity (Wildman–Crippen MR) is 66.8 cm³/mol. The van der Waals surface area contributed by atoms with Crippen LogP contribution in [-0.4, -0.2) is 30.9 Å². The Hall–Kier alpha value is -2.41. The molecule has 102 valence electrons. The summed E-state index contributed by atoms with van der Waals surface area (Å²) in [6.45, 7) is 1.23. The Labute approximate surface area is 110 Å². The minimum absolute atomic E-state index is 0.258. The molecule has 4 N–H and O–H groups in total. The smallest absolute Gasteiger partial charge is 0.262 e. The van der Waals surface area contributed by atoms with Gasteiger partial charge >= 0.3 is 0 Å². The number of aryl methyl sites for hydroxylation is 1. The molecule has 1 rings (SSSR count). The zero-order valence-corrected chi connectivity index (χ0v) is 10.4. The fourth-order valence-corrected chi connectivity index (χ4v) is 1.19. The maximum atomic E-state index is 11.6. The molecule has 3 amide bonds. The molecule has 0 spiro atoms. The molecule has 0 heterocycles. The average Bonchev–Trinajstić information content (AvgIpc) is 2.36. The normalized spacial score (nSPS) is 9.74. The van der Waals surface area contributed by atoms with Crippen LogP contribution in [0.3, 0.4) is 0 Å². The quantitative estimate of drug-likeness (QED) is 0.588. The van der Waals surface area contributed by atoms with Gasteiger partial charge in [-0.1, -0.05) is 17.7 Å². The largest absolute Gasteiger partial charge is 0.368 e. The van der Waals surface area contributed by atoms with Crippen LogP contribution in [0.25, 0.3) is 0 Å². The SMILES string of the molecule is Cc1ccc(C(=O)NCC(=O)NOCC(N)=O)cc1. The van der Waals surface area contributed by atoms with E-state index < -0.39 is 18.4 Å². The number of carbonyl (C=O) groups is 3. The molecule has 0 saturated heterocycles. The summed E-state index contributed by atoms with van der Waals surface area (Å²) in [5, 5.41) is 2.41. The molecule has 0 fully saturated rings. The molecular formula is C12H15N3O4. The summed E-state index contributed by atoms with van der Waals surface area (Å²) in [5.74, 6) is -1.66. The lowest BCUT2D eigenvalue weighted by Crippen LogP contribution is -2.38. The van der Waals surface area contributed by atoms with Crippen molar-refractivity contribution in [1.82, 2.24) is 10.8 Å². The molecule has 7 heteroatoms. The first kappa shape index (κ1) is 14.7. The molecule has 0 aliphatic rings. The summed E-state index contributed by atoms with van der Waals surface area (Å²) in [7, 11) is 0. The highest BCUT2D eigenvalue weighted by Gasteiger charge is 2.07. The molecule has 7 nitrogen and oxygen atoms in total. The van der Waals surface area contributed by atoms with Crippen molar-refractivity contribution < 1.29 is 19.2 Å². The van der Waals surface area contributed by atoms with Crippen molar-refractivity contribution in [2.24, 2.45) is 5.73 Å². The van der Waals surface area contributed by atoms with E-state index in [1.54, 1.807) is 24.3 Å². The van der Waals surface area contributed by atoms with E-state index in [2.05, 4.69) is 10.2 Å². The molecule has 0 saturated carbocycles. The number of nitrogens with two attached hydrogens (primary N) is 1. The predicted octanol–water partition coefficient (Wildman–Crippen LogP) is -0.742. The summed E-state index contributed by atoms with van der Waals surface area (Å²) in [6, 6.07) is 6.91. The summed E-state index contributed by atoms with van der Waals surface area (Å²) >= 11 is 0. The van der Waals surface area contributed by atoms with Crippen LogP contribution in [-0.2, 0) is 14.4 Å². The highest BCUT2D eigenvalue weighted by molar-refractivity contribution is 5.96. The van der Waals surface area contributed by atoms with Crippen LogP contribution in [0.15, 0.2) is 24.3 Å². The van der Waals surface area contributed by atoms with Gasteiger partial charge in [0.1, 0.15) is 0 Å². The van der Waals surface area contributed by atoms with Gasteiger partial charge in [0, 0.05) is 5.56 Å². The van der Waals surface area contributed by atoms with Crippen LogP contribution in [0, 0.1) is 6.92 Å². The number of carbonyl (C=O) groups excluding carboxylic acids is 3. The van der Waals surface area contributed by atoms with E-state index in [1.165, 1.54) is 0 Å². The monoisotopic (exact) mass is 265 g/mol. The van der Waals surface area contributed by atoms with Crippen molar-refractivity contribution in [2.75, 3.05) is 13.2 Å². The summed E-state index contributed by atoms with van der Waals surface area (Å²) in [5.41, 5.74) is 8.27. The van der Waals surface area contributed by atoms with Gasteiger partial charge in [0.25, 0.3) is 11.8 Å². The van der Waals surface area contributed by atoms with E-state index in [4.69, 9.17) is 5.73 Å². The van der Waals surface area contributed by atoms with Crippen LogP contribution >= 0.6 is 0 Å². The molecule has 0 aliphatic heterocycles. The van der Waals surface area contributed by atoms with Gasteiger partial charge in [-0.15, -0.1) is 0 Å². The van der Waals surface area contributed by atoms with Crippen molar-refractivity contribution in [1.29, 1.82) is 0 Å². The molecule has 0 aliphatic carbocycles. The van der Waals surface area contributed by atoms with E-state index in [0.29, 0.717) is 5.56 Å². The first-order valence-electron chi connectivity index (χ1n) is 5.53. The number of amides is 3. The van der Waals surface area contributed by atoms with Gasteiger partial charge in [0.05, 0.1) is 6.54 Å². The Morgan fingerprint density at radius 2 is 1.84 bits per heavy atom. The number of benzene rings is 1. The van der Waals surface area contributed by atoms with Gasteiger partial charge < -0.3 is 11.1 Å². The standard InChI is InChI=1S/C12H15N3O4/c1-8-2-4-9(5-3-8)12(18)14-6-11(17)15-19-7-10(13)16/h2-5H,6-7H2,1H3,(H2,13,16)(H,14,18)(H,15,17). The Balaban J connectivity index is 2.31. The van der Waals surface area contributed by atoms with Gasteiger partial charge in [-0.3, -0.25) is 19.2 Å². The van der Waals surface area contributed by atoms with Crippen LogP contribution in [0.4, 0.5) is 0 Å². The number of hydrogen-bond acceptors (Lipinski definition) is 4. The molecule has 0 unspecified atom stereocenters. The minimum atomic E-state index is -0.705. The molecule has 1 aromatic rings. The lowest BCUT2D eigenvalue weighted by molar-refractivity contribution is -0.137. The lowest BCUT2D eigenvalue weighted by atomic mass is 10.1. The van der Waals surface area contributed by atoms with Gasteiger partial charge in [0.15, 0.2) is 6.61 Å². The fourth-order valence-electron chi connectivity index (χ4n) is 1.19. The van der Waals surface area contributed by atoms with Crippen molar-refractivity contribution in [3.63, 3.8) is 0 Å². The van der Waals surface area contributed by atoms with Crippen LogP contribution < -0.4 is 16.5 Å². The van der Waals surface area contributed by atoms with Crippen LogP contribution in [0.2, 0.25) is 0 Å². The summed E-state index contributed by atoms with van der Waals surface area (Å²) in [4.78, 5) is 37.7. The van der Waals surface area contributed by atoms with Crippen molar-refractivity contribution in [2.45, 2.75) is 6.92 Å². The van der Waals surface area contributed by atoms with Gasteiger partial charge in [-0.2, -0.15) is 0 Å². The molecule has 0 bridgehead atoms. The van der Waals surface area contributed by atoms with Crippen molar-refractivity contribution in [3.05, 3.63) is 35.4 Å². The number of rotatable bonds is 6. The second-order valence-electron chi connectivity index (χ2n) is 3.83. The van der Waals surface area contributed by atoms with E-state index in [9.17, 15) is 14.4 Å². The second-order valence-corrected chi connectivity index (χ2v) is 3.83. The Kier molecular flexibility index (Phi) is 5.49. The third-order valence-electron chi connectivity index (χ3n) is 2.12. The number of hydroxylamine groups is 1. The average molecular weight is 265 g/mol. The second kappa shape index (κ2) is 7.12. The topological polar surface area (TPSA) is 111 Å². The summed E-state index contributed by atoms with van der Waals surface area (Å²) in [6.07, 6.45) is 0.